The average Bonchev–Trinajstić information content (AvgIpc) is 3.07. The van der Waals surface area contributed by atoms with E-state index >= 15 is 0 Å². The largest absolute Gasteiger partial charge is 0.458 e. The van der Waals surface area contributed by atoms with E-state index < -0.39 is 12.0 Å². The minimum absolute atomic E-state index is 0.0426. The molecule has 0 bridgehead atoms. The standard InChI is InChI=1S/C20H22F3N3O2/c1-11(2)10-26-7-5-12(6-8-26)16-9-15(27)13-3-4-14-17(18(13)28-16)25-19(24-14)20(21,22)23/h3-4,9,11-12H,5-8,10H2,1-2H3,(H,24,25). The minimum atomic E-state index is -4.59. The summed E-state index contributed by atoms with van der Waals surface area (Å²) in [7, 11) is 0. The Morgan fingerprint density at radius 1 is 1.29 bits per heavy atom. The summed E-state index contributed by atoms with van der Waals surface area (Å²) in [6.45, 7) is 7.21. The zero-order valence-corrected chi connectivity index (χ0v) is 15.8. The molecule has 0 atom stereocenters. The van der Waals surface area contributed by atoms with Gasteiger partial charge < -0.3 is 14.3 Å². The minimum Gasteiger partial charge on any atom is -0.458 e. The number of hydrogen-bond donors (Lipinski definition) is 1. The van der Waals surface area contributed by atoms with Gasteiger partial charge in [-0.15, -0.1) is 0 Å². The predicted octanol–water partition coefficient (Wildman–Crippen LogP) is 4.52. The van der Waals surface area contributed by atoms with Crippen LogP contribution in [0.2, 0.25) is 0 Å². The van der Waals surface area contributed by atoms with Gasteiger partial charge in [0.05, 0.1) is 10.9 Å². The maximum atomic E-state index is 13.0. The predicted molar refractivity (Wildman–Crippen MR) is 100 cm³/mol. The number of likely N-dealkylation sites (tertiary alicyclic amines) is 1. The van der Waals surface area contributed by atoms with Gasteiger partial charge in [-0.25, -0.2) is 4.98 Å². The van der Waals surface area contributed by atoms with Gasteiger partial charge >= 0.3 is 6.18 Å². The molecule has 1 fully saturated rings. The quantitative estimate of drug-likeness (QED) is 0.711. The zero-order valence-electron chi connectivity index (χ0n) is 15.8. The highest BCUT2D eigenvalue weighted by Crippen LogP contribution is 2.33. The molecule has 0 saturated carbocycles. The molecule has 0 unspecified atom stereocenters. The highest BCUT2D eigenvalue weighted by Gasteiger charge is 2.35. The molecular formula is C20H22F3N3O2. The third-order valence-electron chi connectivity index (χ3n) is 5.25. The van der Waals surface area contributed by atoms with Crippen LogP contribution in [-0.4, -0.2) is 34.5 Å². The molecule has 2 aromatic heterocycles. The Hall–Kier alpha value is -2.35. The fourth-order valence-electron chi connectivity index (χ4n) is 3.95. The lowest BCUT2D eigenvalue weighted by Gasteiger charge is -2.32. The molecule has 3 heterocycles. The first-order chi connectivity index (χ1) is 13.2. The maximum absolute atomic E-state index is 13.0. The first-order valence-corrected chi connectivity index (χ1v) is 9.48. The number of benzene rings is 1. The van der Waals surface area contributed by atoms with Crippen LogP contribution in [-0.2, 0) is 6.18 Å². The number of imidazole rings is 1. The van der Waals surface area contributed by atoms with Crippen molar-refractivity contribution in [3.63, 3.8) is 0 Å². The SMILES string of the molecule is CC(C)CN1CCC(c2cc(=O)c3ccc4[nH]c(C(F)(F)F)nc4c3o2)CC1. The third-order valence-corrected chi connectivity index (χ3v) is 5.25. The first-order valence-electron chi connectivity index (χ1n) is 9.48. The Morgan fingerprint density at radius 3 is 2.64 bits per heavy atom. The van der Waals surface area contributed by atoms with Crippen molar-refractivity contribution in [1.29, 1.82) is 0 Å². The molecule has 0 spiro atoms. The number of halogens is 3. The molecule has 1 N–H and O–H groups in total. The first kappa shape index (κ1) is 19.0. The molecule has 8 heteroatoms. The van der Waals surface area contributed by atoms with Crippen LogP contribution in [0.15, 0.2) is 27.4 Å². The normalized spacial score (nSPS) is 17.2. The van der Waals surface area contributed by atoms with E-state index in [1.807, 2.05) is 0 Å². The van der Waals surface area contributed by atoms with E-state index in [4.69, 9.17) is 4.42 Å². The van der Waals surface area contributed by atoms with Crippen molar-refractivity contribution < 1.29 is 17.6 Å². The molecule has 5 nitrogen and oxygen atoms in total. The molecule has 0 radical (unpaired) electrons. The molecule has 4 rings (SSSR count). The molecule has 1 saturated heterocycles. The number of H-pyrrole nitrogens is 1. The molecule has 0 amide bonds. The number of piperidine rings is 1. The van der Waals surface area contributed by atoms with E-state index in [9.17, 15) is 18.0 Å². The number of nitrogens with one attached hydrogen (secondary N) is 1. The van der Waals surface area contributed by atoms with Gasteiger partial charge in [-0.3, -0.25) is 4.79 Å². The monoisotopic (exact) mass is 393 g/mol. The van der Waals surface area contributed by atoms with Gasteiger partial charge in [0.2, 0.25) is 5.82 Å². The van der Waals surface area contributed by atoms with E-state index in [0.29, 0.717) is 11.7 Å². The van der Waals surface area contributed by atoms with Crippen molar-refractivity contribution in [1.82, 2.24) is 14.9 Å². The number of nitrogens with zero attached hydrogens (tertiary/aromatic N) is 2. The second-order valence-corrected chi connectivity index (χ2v) is 7.90. The fourth-order valence-corrected chi connectivity index (χ4v) is 3.95. The Bertz CT molecular complexity index is 1060. The second kappa shape index (κ2) is 6.92. The summed E-state index contributed by atoms with van der Waals surface area (Å²) in [6, 6.07) is 4.39. The van der Waals surface area contributed by atoms with E-state index in [2.05, 4.69) is 28.7 Å². The summed E-state index contributed by atoms with van der Waals surface area (Å²) >= 11 is 0. The molecule has 0 aliphatic carbocycles. The van der Waals surface area contributed by atoms with Crippen LogP contribution >= 0.6 is 0 Å². The Kier molecular flexibility index (Phi) is 4.69. The van der Waals surface area contributed by atoms with Crippen molar-refractivity contribution in [3.05, 3.63) is 40.0 Å². The van der Waals surface area contributed by atoms with Gasteiger partial charge in [0.1, 0.15) is 11.3 Å². The van der Waals surface area contributed by atoms with Crippen LogP contribution in [0.5, 0.6) is 0 Å². The molecule has 1 aliphatic rings. The van der Waals surface area contributed by atoms with E-state index in [1.54, 1.807) is 0 Å². The summed E-state index contributed by atoms with van der Waals surface area (Å²) < 4.78 is 45.0. The van der Waals surface area contributed by atoms with E-state index in [1.165, 1.54) is 18.2 Å². The topological polar surface area (TPSA) is 62.1 Å². The van der Waals surface area contributed by atoms with Crippen molar-refractivity contribution in [2.75, 3.05) is 19.6 Å². The molecule has 28 heavy (non-hydrogen) atoms. The Balaban J connectivity index is 1.72. The Labute approximate surface area is 159 Å². The second-order valence-electron chi connectivity index (χ2n) is 7.90. The highest BCUT2D eigenvalue weighted by molar-refractivity contribution is 6.00. The third kappa shape index (κ3) is 3.53. The van der Waals surface area contributed by atoms with Gasteiger partial charge in [-0.2, -0.15) is 13.2 Å². The molecule has 150 valence electrons. The van der Waals surface area contributed by atoms with E-state index in [-0.39, 0.29) is 33.3 Å². The summed E-state index contributed by atoms with van der Waals surface area (Å²) in [5.41, 5.74) is 0.114. The Morgan fingerprint density at radius 2 is 2.00 bits per heavy atom. The van der Waals surface area contributed by atoms with Crippen LogP contribution in [0, 0.1) is 5.92 Å². The number of hydrogen-bond acceptors (Lipinski definition) is 4. The van der Waals surface area contributed by atoms with Crippen LogP contribution in [0.4, 0.5) is 13.2 Å². The number of alkyl halides is 3. The number of aromatic amines is 1. The molecule has 1 aliphatic heterocycles. The summed E-state index contributed by atoms with van der Waals surface area (Å²) in [4.78, 5) is 20.9. The van der Waals surface area contributed by atoms with E-state index in [0.717, 1.165) is 32.5 Å². The van der Waals surface area contributed by atoms with Crippen LogP contribution in [0.3, 0.4) is 0 Å². The number of rotatable bonds is 3. The lowest BCUT2D eigenvalue weighted by Crippen LogP contribution is -2.35. The van der Waals surface area contributed by atoms with Crippen LogP contribution in [0.1, 0.15) is 44.2 Å². The summed E-state index contributed by atoms with van der Waals surface area (Å²) in [5, 5.41) is 0.244. The number of aromatic nitrogens is 2. The lowest BCUT2D eigenvalue weighted by atomic mass is 9.93. The number of fused-ring (bicyclic) bond motifs is 3. The smallest absolute Gasteiger partial charge is 0.449 e. The van der Waals surface area contributed by atoms with Gasteiger partial charge in [0.25, 0.3) is 0 Å². The molecular weight excluding hydrogens is 371 g/mol. The van der Waals surface area contributed by atoms with Gasteiger partial charge in [-0.1, -0.05) is 13.8 Å². The van der Waals surface area contributed by atoms with Crippen LogP contribution < -0.4 is 5.43 Å². The highest BCUT2D eigenvalue weighted by atomic mass is 19.4. The van der Waals surface area contributed by atoms with Gasteiger partial charge in [0, 0.05) is 18.5 Å². The average molecular weight is 393 g/mol. The fraction of sp³-hybridized carbons (Fsp3) is 0.500. The van der Waals surface area contributed by atoms with Gasteiger partial charge in [0.15, 0.2) is 11.0 Å². The zero-order chi connectivity index (χ0) is 20.1. The van der Waals surface area contributed by atoms with Crippen molar-refractivity contribution in [2.24, 2.45) is 5.92 Å². The summed E-state index contributed by atoms with van der Waals surface area (Å²) in [5.74, 6) is 0.110. The van der Waals surface area contributed by atoms with Crippen LogP contribution in [0.25, 0.3) is 22.0 Å². The maximum Gasteiger partial charge on any atom is 0.449 e. The van der Waals surface area contributed by atoms with Gasteiger partial charge in [-0.05, 0) is 44.0 Å². The molecule has 3 aromatic rings. The van der Waals surface area contributed by atoms with Crippen molar-refractivity contribution in [3.8, 4) is 0 Å². The van der Waals surface area contributed by atoms with Crippen molar-refractivity contribution in [2.45, 2.75) is 38.8 Å². The lowest BCUT2D eigenvalue weighted by molar-refractivity contribution is -0.144. The summed E-state index contributed by atoms with van der Waals surface area (Å²) in [6.07, 6.45) is -2.89. The van der Waals surface area contributed by atoms with Crippen molar-refractivity contribution >= 4 is 22.0 Å². The molecule has 1 aromatic carbocycles.